The molecule has 0 saturated carbocycles. The molecule has 1 N–H and O–H groups in total. The summed E-state index contributed by atoms with van der Waals surface area (Å²) in [5.74, 6) is 0.199. The third-order valence-electron chi connectivity index (χ3n) is 4.71. The van der Waals surface area contributed by atoms with E-state index >= 15 is 0 Å². The minimum Gasteiger partial charge on any atom is -0.323 e. The molecular weight excluding hydrogens is 407 g/mol. The van der Waals surface area contributed by atoms with Crippen LogP contribution in [0.2, 0.25) is 0 Å². The standard InChI is InChI=1S/C21H21FN4OS2/c1-4-17(20(27)23-14-9-7-6-8-13(14)22)29-21-16-11-18-15(10-12(3)28-18)26(16)19(5-2)24-25-21/h6-11,17H,4-5H2,1-3H3,(H,23,27)/t17-/m0/s1. The fourth-order valence-electron chi connectivity index (χ4n) is 3.30. The van der Waals surface area contributed by atoms with Gasteiger partial charge in [-0.3, -0.25) is 9.20 Å². The number of aromatic nitrogens is 3. The Morgan fingerprint density at radius 3 is 2.76 bits per heavy atom. The summed E-state index contributed by atoms with van der Waals surface area (Å²) >= 11 is 3.10. The summed E-state index contributed by atoms with van der Waals surface area (Å²) in [5, 5.41) is 11.8. The number of nitrogens with one attached hydrogen (secondary N) is 1. The molecule has 0 saturated heterocycles. The van der Waals surface area contributed by atoms with Crippen LogP contribution in [0.5, 0.6) is 0 Å². The van der Waals surface area contributed by atoms with Crippen LogP contribution in [0.25, 0.3) is 15.7 Å². The summed E-state index contributed by atoms with van der Waals surface area (Å²) in [6, 6.07) is 10.5. The average Bonchev–Trinajstić information content (AvgIpc) is 3.24. The van der Waals surface area contributed by atoms with Crippen molar-refractivity contribution in [2.45, 2.75) is 43.9 Å². The van der Waals surface area contributed by atoms with Crippen molar-refractivity contribution in [1.29, 1.82) is 0 Å². The molecule has 0 fully saturated rings. The highest BCUT2D eigenvalue weighted by Gasteiger charge is 2.23. The fraction of sp³-hybridized carbons (Fsp3) is 0.286. The van der Waals surface area contributed by atoms with Crippen molar-refractivity contribution < 1.29 is 9.18 Å². The van der Waals surface area contributed by atoms with Crippen molar-refractivity contribution in [1.82, 2.24) is 14.6 Å². The van der Waals surface area contributed by atoms with Gasteiger partial charge in [0, 0.05) is 11.3 Å². The summed E-state index contributed by atoms with van der Waals surface area (Å²) in [4.78, 5) is 14.0. The van der Waals surface area contributed by atoms with E-state index in [4.69, 9.17) is 0 Å². The van der Waals surface area contributed by atoms with Crippen LogP contribution in [0.15, 0.2) is 41.4 Å². The van der Waals surface area contributed by atoms with Gasteiger partial charge in [-0.1, -0.05) is 37.7 Å². The predicted octanol–water partition coefficient (Wildman–Crippen LogP) is 5.46. The van der Waals surface area contributed by atoms with Crippen molar-refractivity contribution in [2.24, 2.45) is 0 Å². The minimum atomic E-state index is -0.447. The van der Waals surface area contributed by atoms with Crippen LogP contribution in [0.1, 0.15) is 31.0 Å². The van der Waals surface area contributed by atoms with Crippen LogP contribution in [-0.4, -0.2) is 25.8 Å². The van der Waals surface area contributed by atoms with Gasteiger partial charge < -0.3 is 5.32 Å². The van der Waals surface area contributed by atoms with Gasteiger partial charge in [0.25, 0.3) is 0 Å². The van der Waals surface area contributed by atoms with Gasteiger partial charge in [-0.05, 0) is 37.6 Å². The lowest BCUT2D eigenvalue weighted by Gasteiger charge is -2.15. The first kappa shape index (κ1) is 19.8. The Balaban J connectivity index is 1.68. The molecular formula is C21H21FN4OS2. The SMILES string of the molecule is CCc1nnc(S[C@@H](CC)C(=O)Nc2ccccc2F)c2cc3sc(C)cc3n12. The molecule has 1 atom stereocenters. The minimum absolute atomic E-state index is 0.188. The van der Waals surface area contributed by atoms with Crippen molar-refractivity contribution in [3.63, 3.8) is 0 Å². The van der Waals surface area contributed by atoms with Crippen LogP contribution in [0, 0.1) is 12.7 Å². The second kappa shape index (κ2) is 8.12. The Hall–Kier alpha value is -2.45. The normalized spacial score (nSPS) is 12.6. The second-order valence-corrected chi connectivity index (χ2v) is 9.21. The number of carbonyl (C=O) groups is 1. The number of hydrogen-bond donors (Lipinski definition) is 1. The number of benzene rings is 1. The lowest BCUT2D eigenvalue weighted by atomic mass is 10.2. The quantitative estimate of drug-likeness (QED) is 0.414. The number of thiophene rings is 1. The largest absolute Gasteiger partial charge is 0.323 e. The van der Waals surface area contributed by atoms with Crippen LogP contribution >= 0.6 is 23.1 Å². The van der Waals surface area contributed by atoms with E-state index in [2.05, 4.69) is 45.9 Å². The first-order chi connectivity index (χ1) is 14.0. The number of hydrogen-bond acceptors (Lipinski definition) is 5. The van der Waals surface area contributed by atoms with Crippen LogP contribution in [0.3, 0.4) is 0 Å². The monoisotopic (exact) mass is 428 g/mol. The third kappa shape index (κ3) is 3.74. The molecule has 0 aliphatic rings. The van der Waals surface area contributed by atoms with Crippen molar-refractivity contribution in [2.75, 3.05) is 5.32 Å². The molecule has 0 unspecified atom stereocenters. The molecule has 0 radical (unpaired) electrons. The summed E-state index contributed by atoms with van der Waals surface area (Å²) in [7, 11) is 0. The van der Waals surface area contributed by atoms with Gasteiger partial charge in [0.05, 0.1) is 26.7 Å². The summed E-state index contributed by atoms with van der Waals surface area (Å²) in [5.41, 5.74) is 2.27. The van der Waals surface area contributed by atoms with Crippen LogP contribution < -0.4 is 5.32 Å². The van der Waals surface area contributed by atoms with E-state index in [9.17, 15) is 9.18 Å². The number of rotatable bonds is 6. The van der Waals surface area contributed by atoms with Crippen molar-refractivity contribution >= 4 is 50.4 Å². The summed E-state index contributed by atoms with van der Waals surface area (Å²) < 4.78 is 17.2. The van der Waals surface area contributed by atoms with Gasteiger partial charge in [-0.25, -0.2) is 4.39 Å². The molecule has 0 aliphatic heterocycles. The number of para-hydroxylation sites is 1. The van der Waals surface area contributed by atoms with E-state index < -0.39 is 11.1 Å². The van der Waals surface area contributed by atoms with E-state index in [0.29, 0.717) is 11.4 Å². The number of anilines is 1. The Labute approximate surface area is 176 Å². The third-order valence-corrected chi connectivity index (χ3v) is 7.04. The second-order valence-electron chi connectivity index (χ2n) is 6.73. The molecule has 4 aromatic rings. The first-order valence-corrected chi connectivity index (χ1v) is 11.2. The Bertz CT molecular complexity index is 1200. The maximum absolute atomic E-state index is 13.9. The van der Waals surface area contributed by atoms with Crippen LogP contribution in [-0.2, 0) is 11.2 Å². The lowest BCUT2D eigenvalue weighted by Crippen LogP contribution is -2.25. The van der Waals surface area contributed by atoms with E-state index in [1.54, 1.807) is 29.5 Å². The highest BCUT2D eigenvalue weighted by molar-refractivity contribution is 8.00. The van der Waals surface area contributed by atoms with Gasteiger partial charge in [0.2, 0.25) is 5.91 Å². The number of aryl methyl sites for hydroxylation is 2. The highest BCUT2D eigenvalue weighted by atomic mass is 32.2. The maximum atomic E-state index is 13.9. The van der Waals surface area contributed by atoms with Gasteiger partial charge in [-0.15, -0.1) is 21.5 Å². The molecule has 1 amide bonds. The average molecular weight is 429 g/mol. The molecule has 4 rings (SSSR count). The summed E-state index contributed by atoms with van der Waals surface area (Å²) in [6.07, 6.45) is 1.35. The Morgan fingerprint density at radius 2 is 2.03 bits per heavy atom. The molecule has 150 valence electrons. The molecule has 0 aliphatic carbocycles. The molecule has 3 heterocycles. The Morgan fingerprint density at radius 1 is 1.24 bits per heavy atom. The molecule has 8 heteroatoms. The van der Waals surface area contributed by atoms with Crippen LogP contribution in [0.4, 0.5) is 10.1 Å². The van der Waals surface area contributed by atoms with Gasteiger partial charge >= 0.3 is 0 Å². The smallest absolute Gasteiger partial charge is 0.237 e. The van der Waals surface area contributed by atoms with Crippen molar-refractivity contribution in [3.05, 3.63) is 52.9 Å². The molecule has 0 bridgehead atoms. The lowest BCUT2D eigenvalue weighted by molar-refractivity contribution is -0.115. The van der Waals surface area contributed by atoms with E-state index in [0.717, 1.165) is 23.3 Å². The maximum Gasteiger partial charge on any atom is 0.237 e. The molecule has 1 aromatic carbocycles. The fourth-order valence-corrected chi connectivity index (χ4v) is 5.20. The number of amides is 1. The zero-order valence-electron chi connectivity index (χ0n) is 16.4. The zero-order chi connectivity index (χ0) is 20.5. The number of fused-ring (bicyclic) bond motifs is 3. The number of nitrogens with zero attached hydrogens (tertiary/aromatic N) is 3. The van der Waals surface area contributed by atoms with Crippen molar-refractivity contribution in [3.8, 4) is 0 Å². The Kier molecular flexibility index (Phi) is 5.56. The highest BCUT2D eigenvalue weighted by Crippen LogP contribution is 2.35. The first-order valence-electron chi connectivity index (χ1n) is 9.51. The molecule has 3 aromatic heterocycles. The summed E-state index contributed by atoms with van der Waals surface area (Å²) in [6.45, 7) is 6.08. The predicted molar refractivity (Wildman–Crippen MR) is 117 cm³/mol. The molecule has 0 spiro atoms. The number of halogens is 1. The van der Waals surface area contributed by atoms with Gasteiger partial charge in [0.15, 0.2) is 0 Å². The van der Waals surface area contributed by atoms with E-state index in [-0.39, 0.29) is 11.6 Å². The molecule has 29 heavy (non-hydrogen) atoms. The molecule has 5 nitrogen and oxygen atoms in total. The topological polar surface area (TPSA) is 59.3 Å². The number of thioether (sulfide) groups is 1. The van der Waals surface area contributed by atoms with E-state index in [1.165, 1.54) is 27.4 Å². The van der Waals surface area contributed by atoms with Gasteiger partial charge in [-0.2, -0.15) is 0 Å². The zero-order valence-corrected chi connectivity index (χ0v) is 18.0. The van der Waals surface area contributed by atoms with Gasteiger partial charge in [0.1, 0.15) is 16.7 Å². The van der Waals surface area contributed by atoms with E-state index in [1.807, 2.05) is 6.92 Å². The number of carbonyl (C=O) groups excluding carboxylic acids is 1.